The van der Waals surface area contributed by atoms with Crippen molar-refractivity contribution in [3.05, 3.63) is 63.1 Å². The minimum atomic E-state index is -0.426. The summed E-state index contributed by atoms with van der Waals surface area (Å²) in [5.74, 6) is -0.738. The summed E-state index contributed by atoms with van der Waals surface area (Å²) in [6, 6.07) is 9.53. The van der Waals surface area contributed by atoms with Crippen LogP contribution in [0.2, 0.25) is 10.0 Å². The Morgan fingerprint density at radius 1 is 1.00 bits per heavy atom. The van der Waals surface area contributed by atoms with Crippen LogP contribution in [0, 0.1) is 6.92 Å². The van der Waals surface area contributed by atoms with Crippen LogP contribution in [0.15, 0.2) is 36.4 Å². The van der Waals surface area contributed by atoms with Gasteiger partial charge in [-0.1, -0.05) is 23.2 Å². The second kappa shape index (κ2) is 6.81. The molecule has 4 nitrogen and oxygen atoms in total. The average molecular weight is 338 g/mol. The van der Waals surface area contributed by atoms with Gasteiger partial charge in [0.05, 0.1) is 22.7 Å². The zero-order chi connectivity index (χ0) is 16.3. The number of hydrogen-bond acceptors (Lipinski definition) is 3. The first-order valence-corrected chi connectivity index (χ1v) is 7.13. The van der Waals surface area contributed by atoms with Crippen LogP contribution < -0.4 is 5.32 Å². The van der Waals surface area contributed by atoms with E-state index in [4.69, 9.17) is 23.2 Å². The standard InChI is InChI=1S/C16H13Cl2NO3/c1-9-7-11(16(21)22-2)4-6-14(9)19-15(20)10-3-5-12(17)13(18)8-10/h3-8H,1-2H3,(H,19,20). The van der Waals surface area contributed by atoms with Gasteiger partial charge in [0.25, 0.3) is 5.91 Å². The van der Waals surface area contributed by atoms with E-state index in [1.807, 2.05) is 0 Å². The number of halogens is 2. The third-order valence-electron chi connectivity index (χ3n) is 3.08. The summed E-state index contributed by atoms with van der Waals surface area (Å²) >= 11 is 11.7. The first-order valence-electron chi connectivity index (χ1n) is 6.37. The molecule has 0 aromatic heterocycles. The molecule has 0 atom stereocenters. The van der Waals surface area contributed by atoms with E-state index in [0.717, 1.165) is 5.56 Å². The van der Waals surface area contributed by atoms with E-state index >= 15 is 0 Å². The predicted octanol–water partition coefficient (Wildman–Crippen LogP) is 4.34. The van der Waals surface area contributed by atoms with Crippen LogP contribution in [-0.2, 0) is 4.74 Å². The Bertz CT molecular complexity index is 744. The van der Waals surface area contributed by atoms with Gasteiger partial charge in [-0.15, -0.1) is 0 Å². The summed E-state index contributed by atoms with van der Waals surface area (Å²) in [6.07, 6.45) is 0. The molecule has 0 saturated heterocycles. The van der Waals surface area contributed by atoms with Crippen LogP contribution in [0.4, 0.5) is 5.69 Å². The van der Waals surface area contributed by atoms with E-state index in [2.05, 4.69) is 10.1 Å². The maximum absolute atomic E-state index is 12.2. The Hall–Kier alpha value is -2.04. The molecule has 0 aliphatic rings. The Labute approximate surface area is 138 Å². The van der Waals surface area contributed by atoms with Gasteiger partial charge in [-0.3, -0.25) is 4.79 Å². The SMILES string of the molecule is COC(=O)c1ccc(NC(=O)c2ccc(Cl)c(Cl)c2)c(C)c1. The van der Waals surface area contributed by atoms with Gasteiger partial charge < -0.3 is 10.1 Å². The number of anilines is 1. The third-order valence-corrected chi connectivity index (χ3v) is 3.82. The number of aryl methyl sites for hydroxylation is 1. The number of carbonyl (C=O) groups excluding carboxylic acids is 2. The number of ether oxygens (including phenoxy) is 1. The smallest absolute Gasteiger partial charge is 0.337 e. The fourth-order valence-corrected chi connectivity index (χ4v) is 2.18. The number of amides is 1. The van der Waals surface area contributed by atoms with Crippen molar-refractivity contribution in [2.45, 2.75) is 6.92 Å². The topological polar surface area (TPSA) is 55.4 Å². The van der Waals surface area contributed by atoms with Crippen molar-refractivity contribution >= 4 is 40.8 Å². The van der Waals surface area contributed by atoms with Crippen molar-refractivity contribution in [2.75, 3.05) is 12.4 Å². The minimum Gasteiger partial charge on any atom is -0.465 e. The van der Waals surface area contributed by atoms with E-state index in [1.165, 1.54) is 13.2 Å². The van der Waals surface area contributed by atoms with Gasteiger partial charge in [0.1, 0.15) is 0 Å². The Kier molecular flexibility index (Phi) is 5.06. The van der Waals surface area contributed by atoms with Crippen LogP contribution in [0.1, 0.15) is 26.3 Å². The molecule has 0 fully saturated rings. The molecule has 1 amide bonds. The molecule has 1 N–H and O–H groups in total. The molecular weight excluding hydrogens is 325 g/mol. The summed E-state index contributed by atoms with van der Waals surface area (Å²) < 4.78 is 4.65. The molecule has 22 heavy (non-hydrogen) atoms. The van der Waals surface area contributed by atoms with Gasteiger partial charge in [-0.2, -0.15) is 0 Å². The van der Waals surface area contributed by atoms with Crippen LogP contribution in [0.3, 0.4) is 0 Å². The van der Waals surface area contributed by atoms with E-state index in [9.17, 15) is 9.59 Å². The highest BCUT2D eigenvalue weighted by atomic mass is 35.5. The number of esters is 1. The number of benzene rings is 2. The lowest BCUT2D eigenvalue weighted by molar-refractivity contribution is 0.0600. The zero-order valence-electron chi connectivity index (χ0n) is 11.9. The molecular formula is C16H13Cl2NO3. The highest BCUT2D eigenvalue weighted by Crippen LogP contribution is 2.24. The molecule has 114 valence electrons. The maximum atomic E-state index is 12.2. The monoisotopic (exact) mass is 337 g/mol. The lowest BCUT2D eigenvalue weighted by Crippen LogP contribution is -2.13. The van der Waals surface area contributed by atoms with Gasteiger partial charge in [0.15, 0.2) is 0 Å². The molecule has 2 aromatic carbocycles. The number of hydrogen-bond donors (Lipinski definition) is 1. The Balaban J connectivity index is 2.21. The minimum absolute atomic E-state index is 0.312. The van der Waals surface area contributed by atoms with Crippen molar-refractivity contribution < 1.29 is 14.3 Å². The third kappa shape index (κ3) is 3.59. The normalized spacial score (nSPS) is 10.2. The van der Waals surface area contributed by atoms with Crippen LogP contribution >= 0.6 is 23.2 Å². The average Bonchev–Trinajstić information content (AvgIpc) is 2.51. The van der Waals surface area contributed by atoms with Crippen LogP contribution in [0.5, 0.6) is 0 Å². The highest BCUT2D eigenvalue weighted by Gasteiger charge is 2.12. The molecule has 0 bridgehead atoms. The summed E-state index contributed by atoms with van der Waals surface area (Å²) in [5.41, 5.74) is 2.17. The van der Waals surface area contributed by atoms with E-state index < -0.39 is 5.97 Å². The summed E-state index contributed by atoms with van der Waals surface area (Å²) in [6.45, 7) is 1.79. The van der Waals surface area contributed by atoms with Gasteiger partial charge in [-0.25, -0.2) is 4.79 Å². The van der Waals surface area contributed by atoms with E-state index in [0.29, 0.717) is 26.9 Å². The first kappa shape index (κ1) is 16.3. The number of carbonyl (C=O) groups is 2. The van der Waals surface area contributed by atoms with E-state index in [1.54, 1.807) is 37.3 Å². The summed E-state index contributed by atoms with van der Waals surface area (Å²) in [5, 5.41) is 3.46. The lowest BCUT2D eigenvalue weighted by atomic mass is 10.1. The molecule has 6 heteroatoms. The molecule has 0 radical (unpaired) electrons. The largest absolute Gasteiger partial charge is 0.465 e. The number of nitrogens with one attached hydrogen (secondary N) is 1. The van der Waals surface area contributed by atoms with Gasteiger partial charge in [0, 0.05) is 11.3 Å². The van der Waals surface area contributed by atoms with Crippen LogP contribution in [-0.4, -0.2) is 19.0 Å². The van der Waals surface area contributed by atoms with Gasteiger partial charge in [-0.05, 0) is 48.9 Å². The van der Waals surface area contributed by atoms with Gasteiger partial charge >= 0.3 is 5.97 Å². The molecule has 2 rings (SSSR count). The predicted molar refractivity (Wildman–Crippen MR) is 86.9 cm³/mol. The molecule has 0 aliphatic heterocycles. The maximum Gasteiger partial charge on any atom is 0.337 e. The molecule has 0 saturated carbocycles. The summed E-state index contributed by atoms with van der Waals surface area (Å²) in [7, 11) is 1.32. The number of rotatable bonds is 3. The van der Waals surface area contributed by atoms with Gasteiger partial charge in [0.2, 0.25) is 0 Å². The zero-order valence-corrected chi connectivity index (χ0v) is 13.5. The summed E-state index contributed by atoms with van der Waals surface area (Å²) in [4.78, 5) is 23.7. The van der Waals surface area contributed by atoms with Crippen molar-refractivity contribution in [1.29, 1.82) is 0 Å². The fourth-order valence-electron chi connectivity index (χ4n) is 1.88. The molecule has 0 unspecified atom stereocenters. The second-order valence-corrected chi connectivity index (χ2v) is 5.42. The molecule has 0 heterocycles. The quantitative estimate of drug-likeness (QED) is 0.847. The van der Waals surface area contributed by atoms with Crippen molar-refractivity contribution in [1.82, 2.24) is 0 Å². The lowest BCUT2D eigenvalue weighted by Gasteiger charge is -2.10. The Morgan fingerprint density at radius 3 is 2.27 bits per heavy atom. The fraction of sp³-hybridized carbons (Fsp3) is 0.125. The van der Waals surface area contributed by atoms with Crippen LogP contribution in [0.25, 0.3) is 0 Å². The van der Waals surface area contributed by atoms with Crippen molar-refractivity contribution in [3.8, 4) is 0 Å². The highest BCUT2D eigenvalue weighted by molar-refractivity contribution is 6.42. The molecule has 2 aromatic rings. The van der Waals surface area contributed by atoms with E-state index in [-0.39, 0.29) is 5.91 Å². The van der Waals surface area contributed by atoms with Crippen molar-refractivity contribution in [2.24, 2.45) is 0 Å². The Morgan fingerprint density at radius 2 is 1.68 bits per heavy atom. The second-order valence-electron chi connectivity index (χ2n) is 4.60. The van der Waals surface area contributed by atoms with Crippen molar-refractivity contribution in [3.63, 3.8) is 0 Å². The molecule has 0 spiro atoms. The first-order chi connectivity index (χ1) is 10.4. The molecule has 0 aliphatic carbocycles. The number of methoxy groups -OCH3 is 1.